The minimum absolute atomic E-state index is 0.181. The molecule has 0 spiro atoms. The predicted octanol–water partition coefficient (Wildman–Crippen LogP) is 4.27. The Morgan fingerprint density at radius 1 is 1.04 bits per heavy atom. The first-order valence-corrected chi connectivity index (χ1v) is 10.3. The first-order chi connectivity index (χ1) is 12.5. The van der Waals surface area contributed by atoms with Gasteiger partial charge in [0.05, 0.1) is 17.7 Å². The van der Waals surface area contributed by atoms with Crippen molar-refractivity contribution >= 4 is 16.2 Å². The number of nitrogens with one attached hydrogen (secondary N) is 1. The highest BCUT2D eigenvalue weighted by Crippen LogP contribution is 2.17. The van der Waals surface area contributed by atoms with Crippen molar-refractivity contribution in [1.29, 1.82) is 0 Å². The Morgan fingerprint density at radius 3 is 2.50 bits per heavy atom. The summed E-state index contributed by atoms with van der Waals surface area (Å²) in [4.78, 5) is 2.42. The lowest BCUT2D eigenvalue weighted by atomic mass is 10.2. The summed E-state index contributed by atoms with van der Waals surface area (Å²) >= 11 is 0. The van der Waals surface area contributed by atoms with Crippen LogP contribution in [0.2, 0.25) is 0 Å². The Balaban J connectivity index is 1.98. The van der Waals surface area contributed by atoms with Crippen molar-refractivity contribution in [2.45, 2.75) is 44.4 Å². The SMILES string of the molecule is CCCCCCOc1ccccc1C=NNS(=O)(=O)c1ccc(C)cc1. The summed E-state index contributed by atoms with van der Waals surface area (Å²) in [6, 6.07) is 14.1. The van der Waals surface area contributed by atoms with Gasteiger partial charge in [-0.2, -0.15) is 13.5 Å². The van der Waals surface area contributed by atoms with Crippen LogP contribution in [0.3, 0.4) is 0 Å². The second-order valence-electron chi connectivity index (χ2n) is 6.11. The van der Waals surface area contributed by atoms with Crippen LogP contribution in [0.15, 0.2) is 58.5 Å². The van der Waals surface area contributed by atoms with Crippen LogP contribution in [-0.4, -0.2) is 21.2 Å². The van der Waals surface area contributed by atoms with Crippen molar-refractivity contribution in [3.8, 4) is 5.75 Å². The average molecular weight is 375 g/mol. The molecular weight excluding hydrogens is 348 g/mol. The van der Waals surface area contributed by atoms with Crippen LogP contribution in [0.1, 0.15) is 43.7 Å². The normalized spacial score (nSPS) is 11.6. The number of para-hydroxylation sites is 1. The fourth-order valence-corrected chi connectivity index (χ4v) is 3.16. The van der Waals surface area contributed by atoms with Crippen molar-refractivity contribution in [3.05, 3.63) is 59.7 Å². The van der Waals surface area contributed by atoms with Crippen molar-refractivity contribution in [1.82, 2.24) is 4.83 Å². The summed E-state index contributed by atoms with van der Waals surface area (Å²) in [6.07, 6.45) is 5.99. The van der Waals surface area contributed by atoms with Gasteiger partial charge < -0.3 is 4.74 Å². The van der Waals surface area contributed by atoms with Gasteiger partial charge in [-0.25, -0.2) is 4.83 Å². The highest BCUT2D eigenvalue weighted by atomic mass is 32.2. The number of benzene rings is 2. The van der Waals surface area contributed by atoms with Crippen LogP contribution in [-0.2, 0) is 10.0 Å². The van der Waals surface area contributed by atoms with E-state index in [0.29, 0.717) is 12.4 Å². The Bertz CT molecular complexity index is 815. The highest BCUT2D eigenvalue weighted by molar-refractivity contribution is 7.89. The number of sulfonamides is 1. The molecule has 140 valence electrons. The number of ether oxygens (including phenoxy) is 1. The molecule has 0 aliphatic carbocycles. The lowest BCUT2D eigenvalue weighted by Crippen LogP contribution is -2.18. The fourth-order valence-electron chi connectivity index (χ4n) is 2.37. The summed E-state index contributed by atoms with van der Waals surface area (Å²) in [7, 11) is -3.68. The molecule has 0 saturated heterocycles. The van der Waals surface area contributed by atoms with E-state index in [1.165, 1.54) is 19.1 Å². The van der Waals surface area contributed by atoms with Gasteiger partial charge in [-0.05, 0) is 37.6 Å². The maximum atomic E-state index is 12.2. The maximum absolute atomic E-state index is 12.2. The largest absolute Gasteiger partial charge is 0.493 e. The molecule has 0 aliphatic heterocycles. The van der Waals surface area contributed by atoms with Crippen LogP contribution in [0.4, 0.5) is 0 Å². The third-order valence-corrected chi connectivity index (χ3v) is 5.12. The van der Waals surface area contributed by atoms with E-state index in [-0.39, 0.29) is 4.90 Å². The molecule has 0 atom stereocenters. The van der Waals surface area contributed by atoms with E-state index >= 15 is 0 Å². The molecule has 0 fully saturated rings. The molecule has 2 aromatic rings. The molecule has 0 bridgehead atoms. The summed E-state index contributed by atoms with van der Waals surface area (Å²) in [5.41, 5.74) is 1.73. The first-order valence-electron chi connectivity index (χ1n) is 8.86. The third kappa shape index (κ3) is 6.19. The van der Waals surface area contributed by atoms with Gasteiger partial charge >= 0.3 is 0 Å². The minimum Gasteiger partial charge on any atom is -0.493 e. The maximum Gasteiger partial charge on any atom is 0.276 e. The van der Waals surface area contributed by atoms with Gasteiger partial charge in [0.1, 0.15) is 5.75 Å². The Labute approximate surface area is 156 Å². The van der Waals surface area contributed by atoms with Crippen LogP contribution >= 0.6 is 0 Å². The molecule has 6 heteroatoms. The predicted molar refractivity (Wildman–Crippen MR) is 105 cm³/mol. The van der Waals surface area contributed by atoms with Gasteiger partial charge in [-0.1, -0.05) is 56.0 Å². The average Bonchev–Trinajstić information content (AvgIpc) is 2.63. The van der Waals surface area contributed by atoms with Crippen molar-refractivity contribution in [2.75, 3.05) is 6.61 Å². The zero-order chi connectivity index (χ0) is 18.8. The Hall–Kier alpha value is -2.34. The molecule has 5 nitrogen and oxygen atoms in total. The first kappa shape index (κ1) is 20.0. The number of hydrogen-bond donors (Lipinski definition) is 1. The molecule has 0 saturated carbocycles. The van der Waals surface area contributed by atoms with E-state index in [1.807, 2.05) is 31.2 Å². The highest BCUT2D eigenvalue weighted by Gasteiger charge is 2.11. The molecule has 2 rings (SSSR count). The number of aryl methyl sites for hydroxylation is 1. The number of hydrogen-bond acceptors (Lipinski definition) is 4. The number of rotatable bonds is 10. The van der Waals surface area contributed by atoms with Crippen molar-refractivity contribution < 1.29 is 13.2 Å². The van der Waals surface area contributed by atoms with Gasteiger partial charge in [-0.3, -0.25) is 0 Å². The van der Waals surface area contributed by atoms with Crippen LogP contribution < -0.4 is 9.57 Å². The van der Waals surface area contributed by atoms with Gasteiger partial charge in [0, 0.05) is 5.56 Å². The summed E-state index contributed by atoms with van der Waals surface area (Å²) < 4.78 is 30.3. The molecule has 2 aromatic carbocycles. The molecule has 0 heterocycles. The molecule has 1 N–H and O–H groups in total. The summed E-state index contributed by atoms with van der Waals surface area (Å²) in [5, 5.41) is 3.89. The van der Waals surface area contributed by atoms with Crippen LogP contribution in [0.5, 0.6) is 5.75 Å². The van der Waals surface area contributed by atoms with Gasteiger partial charge in [-0.15, -0.1) is 0 Å². The van der Waals surface area contributed by atoms with E-state index in [2.05, 4.69) is 16.9 Å². The molecule has 0 radical (unpaired) electrons. The monoisotopic (exact) mass is 374 g/mol. The van der Waals surface area contributed by atoms with E-state index in [0.717, 1.165) is 24.0 Å². The van der Waals surface area contributed by atoms with Gasteiger partial charge in [0.25, 0.3) is 10.0 Å². The van der Waals surface area contributed by atoms with E-state index in [9.17, 15) is 8.42 Å². The Morgan fingerprint density at radius 2 is 1.77 bits per heavy atom. The second kappa shape index (κ2) is 9.97. The molecule has 0 unspecified atom stereocenters. The van der Waals surface area contributed by atoms with Crippen molar-refractivity contribution in [3.63, 3.8) is 0 Å². The number of hydrazone groups is 1. The summed E-state index contributed by atoms with van der Waals surface area (Å²) in [6.45, 7) is 4.71. The molecule has 0 amide bonds. The second-order valence-corrected chi connectivity index (χ2v) is 7.77. The summed E-state index contributed by atoms with van der Waals surface area (Å²) in [5.74, 6) is 0.697. The van der Waals surface area contributed by atoms with Gasteiger partial charge in [0.2, 0.25) is 0 Å². The Kier molecular flexibility index (Phi) is 7.66. The standard InChI is InChI=1S/C20H26N2O3S/c1-3-4-5-8-15-25-20-10-7-6-9-18(20)16-21-22-26(23,24)19-13-11-17(2)12-14-19/h6-7,9-14,16,22H,3-5,8,15H2,1-2H3. The van der Waals surface area contributed by atoms with Gasteiger partial charge in [0.15, 0.2) is 0 Å². The van der Waals surface area contributed by atoms with Crippen LogP contribution in [0.25, 0.3) is 0 Å². The quantitative estimate of drug-likeness (QED) is 0.384. The fraction of sp³-hybridized carbons (Fsp3) is 0.350. The molecule has 0 aromatic heterocycles. The lowest BCUT2D eigenvalue weighted by Gasteiger charge is -2.09. The molecule has 0 aliphatic rings. The number of unbranched alkanes of at least 4 members (excludes halogenated alkanes) is 3. The zero-order valence-electron chi connectivity index (χ0n) is 15.3. The van der Waals surface area contributed by atoms with E-state index < -0.39 is 10.0 Å². The van der Waals surface area contributed by atoms with Crippen LogP contribution in [0, 0.1) is 6.92 Å². The lowest BCUT2D eigenvalue weighted by molar-refractivity contribution is 0.304. The zero-order valence-corrected chi connectivity index (χ0v) is 16.1. The van der Waals surface area contributed by atoms with Crippen molar-refractivity contribution in [2.24, 2.45) is 5.10 Å². The molecule has 26 heavy (non-hydrogen) atoms. The number of nitrogens with zero attached hydrogens (tertiary/aromatic N) is 1. The minimum atomic E-state index is -3.68. The van der Waals surface area contributed by atoms with E-state index in [4.69, 9.17) is 4.74 Å². The third-order valence-electron chi connectivity index (χ3n) is 3.88. The smallest absolute Gasteiger partial charge is 0.276 e. The molecular formula is C20H26N2O3S. The van der Waals surface area contributed by atoms with E-state index in [1.54, 1.807) is 24.3 Å². The topological polar surface area (TPSA) is 67.8 Å².